The summed E-state index contributed by atoms with van der Waals surface area (Å²) >= 11 is 1.21. The summed E-state index contributed by atoms with van der Waals surface area (Å²) < 4.78 is 0. The van der Waals surface area contributed by atoms with Crippen LogP contribution >= 0.6 is 11.3 Å². The predicted octanol–water partition coefficient (Wildman–Crippen LogP) is 2.92. The Balaban J connectivity index is 2.31. The summed E-state index contributed by atoms with van der Waals surface area (Å²) in [7, 11) is 0. The van der Waals surface area contributed by atoms with Gasteiger partial charge < -0.3 is 17.2 Å². The molecule has 0 bridgehead atoms. The van der Waals surface area contributed by atoms with E-state index >= 15 is 0 Å². The van der Waals surface area contributed by atoms with Crippen molar-refractivity contribution in [2.45, 2.75) is 12.8 Å². The maximum atomic E-state index is 12.4. The standard InChI is InChI=1S/C18H17N5OS/c19-8-4-7-12(24)16-15(21)14-13(10-5-2-1-3-6-10)11(9-20)17(22)23-18(14)25-16/h1-3,5-6H,4,7-8,19,21H2,(H2,22,23). The minimum absolute atomic E-state index is 0.0676. The summed E-state index contributed by atoms with van der Waals surface area (Å²) in [5, 5.41) is 10.2. The van der Waals surface area contributed by atoms with Crippen molar-refractivity contribution in [3.8, 4) is 17.2 Å². The Morgan fingerprint density at radius 2 is 1.96 bits per heavy atom. The first-order valence-corrected chi connectivity index (χ1v) is 8.60. The average Bonchev–Trinajstić information content (AvgIpc) is 2.95. The van der Waals surface area contributed by atoms with E-state index in [1.165, 1.54) is 11.3 Å². The van der Waals surface area contributed by atoms with E-state index in [0.29, 0.717) is 45.7 Å². The Kier molecular flexibility index (Phi) is 4.65. The van der Waals surface area contributed by atoms with E-state index in [4.69, 9.17) is 17.2 Å². The SMILES string of the molecule is N#Cc1c(N)nc2sc(C(=O)CCCN)c(N)c2c1-c1ccccc1. The van der Waals surface area contributed by atoms with Gasteiger partial charge in [-0.05, 0) is 18.5 Å². The summed E-state index contributed by atoms with van der Waals surface area (Å²) in [4.78, 5) is 17.7. The first kappa shape index (κ1) is 16.9. The van der Waals surface area contributed by atoms with Crippen LogP contribution in [0.25, 0.3) is 21.3 Å². The van der Waals surface area contributed by atoms with Crippen molar-refractivity contribution in [3.63, 3.8) is 0 Å². The van der Waals surface area contributed by atoms with Gasteiger partial charge in [0.25, 0.3) is 0 Å². The number of nitrogens with zero attached hydrogens (tertiary/aromatic N) is 2. The number of aromatic nitrogens is 1. The van der Waals surface area contributed by atoms with Crippen LogP contribution in [0.2, 0.25) is 0 Å². The Hall–Kier alpha value is -2.95. The van der Waals surface area contributed by atoms with Gasteiger partial charge in [0.05, 0.1) is 10.6 Å². The number of hydrogen-bond acceptors (Lipinski definition) is 7. The molecule has 3 aromatic rings. The zero-order valence-electron chi connectivity index (χ0n) is 13.5. The monoisotopic (exact) mass is 351 g/mol. The van der Waals surface area contributed by atoms with Gasteiger partial charge in [-0.3, -0.25) is 4.79 Å². The summed E-state index contributed by atoms with van der Waals surface area (Å²) in [5.41, 5.74) is 19.8. The lowest BCUT2D eigenvalue weighted by Gasteiger charge is -2.09. The van der Waals surface area contributed by atoms with Gasteiger partial charge in [0.2, 0.25) is 0 Å². The smallest absolute Gasteiger partial charge is 0.175 e. The fraction of sp³-hybridized carbons (Fsp3) is 0.167. The number of fused-ring (bicyclic) bond motifs is 1. The van der Waals surface area contributed by atoms with Gasteiger partial charge in [0.15, 0.2) is 5.78 Å². The molecule has 0 saturated heterocycles. The van der Waals surface area contributed by atoms with Crippen molar-refractivity contribution in [1.29, 1.82) is 5.26 Å². The van der Waals surface area contributed by atoms with Gasteiger partial charge in [0, 0.05) is 17.4 Å². The number of nitrogen functional groups attached to an aromatic ring is 2. The molecule has 0 aliphatic heterocycles. The second kappa shape index (κ2) is 6.89. The summed E-state index contributed by atoms with van der Waals surface area (Å²) in [6.07, 6.45) is 0.922. The van der Waals surface area contributed by atoms with Gasteiger partial charge >= 0.3 is 0 Å². The number of pyridine rings is 1. The normalized spacial score (nSPS) is 10.7. The minimum Gasteiger partial charge on any atom is -0.397 e. The Morgan fingerprint density at radius 3 is 2.60 bits per heavy atom. The number of thiophene rings is 1. The molecule has 3 rings (SSSR count). The van der Waals surface area contributed by atoms with Crippen LogP contribution in [0.3, 0.4) is 0 Å². The fourth-order valence-corrected chi connectivity index (χ4v) is 3.84. The van der Waals surface area contributed by atoms with E-state index in [9.17, 15) is 10.1 Å². The van der Waals surface area contributed by atoms with Gasteiger partial charge in [-0.25, -0.2) is 4.98 Å². The molecule has 1 aromatic carbocycles. The number of hydrogen-bond donors (Lipinski definition) is 3. The molecule has 0 aliphatic carbocycles. The Morgan fingerprint density at radius 1 is 1.24 bits per heavy atom. The summed E-state index contributed by atoms with van der Waals surface area (Å²) in [5.74, 6) is 0.0677. The number of benzene rings is 1. The predicted molar refractivity (Wildman–Crippen MR) is 101 cm³/mol. The zero-order chi connectivity index (χ0) is 18.0. The van der Waals surface area contributed by atoms with E-state index in [-0.39, 0.29) is 17.2 Å². The number of ketones is 1. The van der Waals surface area contributed by atoms with Crippen LogP contribution in [0.1, 0.15) is 28.1 Å². The second-order valence-corrected chi connectivity index (χ2v) is 6.56. The van der Waals surface area contributed by atoms with Crippen LogP contribution in [0.15, 0.2) is 30.3 Å². The maximum Gasteiger partial charge on any atom is 0.175 e. The van der Waals surface area contributed by atoms with E-state index in [1.54, 1.807) is 0 Å². The average molecular weight is 351 g/mol. The molecule has 6 N–H and O–H groups in total. The van der Waals surface area contributed by atoms with E-state index < -0.39 is 0 Å². The van der Waals surface area contributed by atoms with Crippen molar-refractivity contribution in [2.24, 2.45) is 5.73 Å². The molecule has 0 aliphatic rings. The van der Waals surface area contributed by atoms with Crippen molar-refractivity contribution in [3.05, 3.63) is 40.8 Å². The topological polar surface area (TPSA) is 132 Å². The first-order chi connectivity index (χ1) is 12.1. The molecule has 0 fully saturated rings. The molecule has 2 heterocycles. The van der Waals surface area contributed by atoms with Gasteiger partial charge in [0.1, 0.15) is 22.3 Å². The first-order valence-electron chi connectivity index (χ1n) is 7.78. The molecular weight excluding hydrogens is 334 g/mol. The molecule has 6 nitrogen and oxygen atoms in total. The quantitative estimate of drug-likeness (QED) is 0.605. The maximum absolute atomic E-state index is 12.4. The minimum atomic E-state index is -0.0676. The third kappa shape index (κ3) is 2.93. The van der Waals surface area contributed by atoms with Crippen LogP contribution in [0, 0.1) is 11.3 Å². The molecule has 7 heteroatoms. The van der Waals surface area contributed by atoms with E-state index in [1.807, 2.05) is 30.3 Å². The molecule has 0 spiro atoms. The van der Waals surface area contributed by atoms with Gasteiger partial charge in [-0.2, -0.15) is 5.26 Å². The largest absolute Gasteiger partial charge is 0.397 e. The number of anilines is 2. The van der Waals surface area contributed by atoms with E-state index in [0.717, 1.165) is 5.56 Å². The van der Waals surface area contributed by atoms with E-state index in [2.05, 4.69) is 11.1 Å². The van der Waals surface area contributed by atoms with Crippen molar-refractivity contribution in [1.82, 2.24) is 4.98 Å². The van der Waals surface area contributed by atoms with Crippen molar-refractivity contribution >= 4 is 38.8 Å². The number of carbonyl (C=O) groups excluding carboxylic acids is 1. The van der Waals surface area contributed by atoms with Crippen LogP contribution in [0.5, 0.6) is 0 Å². The molecule has 2 aromatic heterocycles. The third-order valence-corrected chi connectivity index (χ3v) is 5.08. The van der Waals surface area contributed by atoms with Crippen molar-refractivity contribution < 1.29 is 4.79 Å². The highest BCUT2D eigenvalue weighted by Gasteiger charge is 2.23. The molecule has 0 amide bonds. The zero-order valence-corrected chi connectivity index (χ0v) is 14.3. The highest BCUT2D eigenvalue weighted by Crippen LogP contribution is 2.42. The molecule has 0 saturated carbocycles. The lowest BCUT2D eigenvalue weighted by Crippen LogP contribution is -2.05. The number of Topliss-reactive ketones (excluding diaryl/α,β-unsaturated/α-hetero) is 1. The number of carbonyl (C=O) groups is 1. The van der Waals surface area contributed by atoms with Crippen LogP contribution in [0.4, 0.5) is 11.5 Å². The van der Waals surface area contributed by atoms with Crippen LogP contribution < -0.4 is 17.2 Å². The van der Waals surface area contributed by atoms with Crippen LogP contribution in [-0.2, 0) is 0 Å². The van der Waals surface area contributed by atoms with Crippen molar-refractivity contribution in [2.75, 3.05) is 18.0 Å². The number of nitriles is 1. The molecule has 126 valence electrons. The molecular formula is C18H17N5OS. The molecule has 0 radical (unpaired) electrons. The van der Waals surface area contributed by atoms with Gasteiger partial charge in [-0.1, -0.05) is 30.3 Å². The molecule has 0 atom stereocenters. The summed E-state index contributed by atoms with van der Waals surface area (Å²) in [6, 6.07) is 11.5. The third-order valence-electron chi connectivity index (χ3n) is 3.94. The lowest BCUT2D eigenvalue weighted by atomic mass is 9.97. The number of nitrogens with two attached hydrogens (primary N) is 3. The number of rotatable bonds is 5. The molecule has 0 unspecified atom stereocenters. The van der Waals surface area contributed by atoms with Gasteiger partial charge in [-0.15, -0.1) is 11.3 Å². The fourth-order valence-electron chi connectivity index (χ4n) is 2.76. The molecule has 25 heavy (non-hydrogen) atoms. The second-order valence-electron chi connectivity index (χ2n) is 5.57. The highest BCUT2D eigenvalue weighted by atomic mass is 32.1. The summed E-state index contributed by atoms with van der Waals surface area (Å²) in [6.45, 7) is 0.440. The van der Waals surface area contributed by atoms with Crippen LogP contribution in [-0.4, -0.2) is 17.3 Å². The Bertz CT molecular complexity index is 988. The lowest BCUT2D eigenvalue weighted by molar-refractivity contribution is 0.0985. The Labute approximate surface area is 148 Å². The highest BCUT2D eigenvalue weighted by molar-refractivity contribution is 7.21.